The molecule has 0 bridgehead atoms. The van der Waals surface area contributed by atoms with Crippen LogP contribution in [0.5, 0.6) is 0 Å². The summed E-state index contributed by atoms with van der Waals surface area (Å²) in [5.41, 5.74) is 3.98. The Bertz CT molecular complexity index is 1210. The standard InChI is InChI=1S/C25H31N3O3S2/c1-16(2)22(28-33(30,31)20-13-7-17(3)8-14-20)23(29)27-24-26-21(15-32-24)18-9-11-19(12-10-18)25(4,5)6/h7-16,22,28H,1-6H3,(H,26,27,29)/t22-/m1/s1. The number of nitrogens with zero attached hydrogens (tertiary/aromatic N) is 1. The first-order chi connectivity index (χ1) is 15.4. The SMILES string of the molecule is Cc1ccc(S(=O)(=O)N[C@@H](C(=O)Nc2nc(-c3ccc(C(C)(C)C)cc3)cs2)C(C)C)cc1. The number of carbonyl (C=O) groups excluding carboxylic acids is 1. The average Bonchev–Trinajstić information content (AvgIpc) is 3.20. The van der Waals surface area contributed by atoms with Crippen molar-refractivity contribution >= 4 is 32.4 Å². The normalized spacial score (nSPS) is 13.2. The Morgan fingerprint density at radius 2 is 1.61 bits per heavy atom. The first-order valence-corrected chi connectivity index (χ1v) is 13.2. The van der Waals surface area contributed by atoms with Crippen molar-refractivity contribution < 1.29 is 13.2 Å². The molecule has 33 heavy (non-hydrogen) atoms. The van der Waals surface area contributed by atoms with E-state index in [1.807, 2.05) is 24.4 Å². The van der Waals surface area contributed by atoms with E-state index in [1.54, 1.807) is 26.0 Å². The fourth-order valence-corrected chi connectivity index (χ4v) is 5.30. The minimum atomic E-state index is -3.84. The number of thiazole rings is 1. The van der Waals surface area contributed by atoms with Crippen LogP contribution in [0.3, 0.4) is 0 Å². The third-order valence-corrected chi connectivity index (χ3v) is 7.56. The van der Waals surface area contributed by atoms with Crippen LogP contribution in [0.15, 0.2) is 58.8 Å². The first-order valence-electron chi connectivity index (χ1n) is 10.8. The van der Waals surface area contributed by atoms with Gasteiger partial charge in [0.05, 0.1) is 10.6 Å². The number of sulfonamides is 1. The number of hydrogen-bond donors (Lipinski definition) is 2. The fourth-order valence-electron chi connectivity index (χ4n) is 3.23. The van der Waals surface area contributed by atoms with Gasteiger partial charge in [0.15, 0.2) is 5.13 Å². The quantitative estimate of drug-likeness (QED) is 0.472. The molecule has 3 aromatic rings. The van der Waals surface area contributed by atoms with E-state index in [0.29, 0.717) is 5.13 Å². The maximum absolute atomic E-state index is 12.9. The molecular formula is C25H31N3O3S2. The molecule has 0 aliphatic heterocycles. The smallest absolute Gasteiger partial charge is 0.244 e. The summed E-state index contributed by atoms with van der Waals surface area (Å²) in [7, 11) is -3.84. The van der Waals surface area contributed by atoms with Gasteiger partial charge in [-0.05, 0) is 36.0 Å². The van der Waals surface area contributed by atoms with Crippen LogP contribution in [0.2, 0.25) is 0 Å². The topological polar surface area (TPSA) is 88.2 Å². The molecular weight excluding hydrogens is 454 g/mol. The third kappa shape index (κ3) is 6.28. The Morgan fingerprint density at radius 1 is 1.00 bits per heavy atom. The predicted molar refractivity (Wildman–Crippen MR) is 135 cm³/mol. The number of rotatable bonds is 7. The maximum atomic E-state index is 12.9. The molecule has 2 aromatic carbocycles. The molecule has 0 spiro atoms. The van der Waals surface area contributed by atoms with Crippen LogP contribution in [0, 0.1) is 12.8 Å². The van der Waals surface area contributed by atoms with E-state index in [0.717, 1.165) is 16.8 Å². The highest BCUT2D eigenvalue weighted by Gasteiger charge is 2.29. The maximum Gasteiger partial charge on any atom is 0.244 e. The molecule has 0 saturated heterocycles. The van der Waals surface area contributed by atoms with E-state index in [2.05, 4.69) is 47.9 Å². The molecule has 1 aromatic heterocycles. The Labute approximate surface area is 200 Å². The molecule has 0 aliphatic carbocycles. The number of nitrogens with one attached hydrogen (secondary N) is 2. The summed E-state index contributed by atoms with van der Waals surface area (Å²) < 4.78 is 28.1. The second kappa shape index (κ2) is 9.75. The Kier molecular flexibility index (Phi) is 7.41. The highest BCUT2D eigenvalue weighted by atomic mass is 32.2. The van der Waals surface area contributed by atoms with E-state index in [9.17, 15) is 13.2 Å². The molecule has 0 fully saturated rings. The van der Waals surface area contributed by atoms with Gasteiger partial charge >= 0.3 is 0 Å². The van der Waals surface area contributed by atoms with Crippen LogP contribution in [0.25, 0.3) is 11.3 Å². The number of anilines is 1. The van der Waals surface area contributed by atoms with E-state index in [1.165, 1.54) is 29.0 Å². The molecule has 0 aliphatic rings. The summed E-state index contributed by atoms with van der Waals surface area (Å²) in [6.45, 7) is 12.0. The van der Waals surface area contributed by atoms with E-state index in [-0.39, 0.29) is 16.2 Å². The number of hydrogen-bond acceptors (Lipinski definition) is 5. The lowest BCUT2D eigenvalue weighted by molar-refractivity contribution is -0.118. The van der Waals surface area contributed by atoms with Gasteiger partial charge < -0.3 is 5.32 Å². The third-order valence-electron chi connectivity index (χ3n) is 5.34. The summed E-state index contributed by atoms with van der Waals surface area (Å²) in [6, 6.07) is 13.8. The molecule has 2 N–H and O–H groups in total. The second-order valence-electron chi connectivity index (χ2n) is 9.51. The molecule has 6 nitrogen and oxygen atoms in total. The van der Waals surface area contributed by atoms with Crippen LogP contribution >= 0.6 is 11.3 Å². The average molecular weight is 486 g/mol. The molecule has 0 unspecified atom stereocenters. The summed E-state index contributed by atoms with van der Waals surface area (Å²) >= 11 is 1.31. The van der Waals surface area contributed by atoms with Crippen molar-refractivity contribution in [2.75, 3.05) is 5.32 Å². The predicted octanol–water partition coefficient (Wildman–Crippen LogP) is 5.36. The van der Waals surface area contributed by atoms with E-state index >= 15 is 0 Å². The van der Waals surface area contributed by atoms with Crippen molar-refractivity contribution in [2.45, 2.75) is 57.9 Å². The zero-order valence-corrected chi connectivity index (χ0v) is 21.5. The summed E-state index contributed by atoms with van der Waals surface area (Å²) in [4.78, 5) is 17.6. The van der Waals surface area contributed by atoms with Crippen LogP contribution in [0.1, 0.15) is 45.7 Å². The minimum absolute atomic E-state index is 0.0670. The summed E-state index contributed by atoms with van der Waals surface area (Å²) in [5, 5.41) is 5.08. The van der Waals surface area contributed by atoms with Crippen molar-refractivity contribution in [1.82, 2.24) is 9.71 Å². The van der Waals surface area contributed by atoms with Crippen molar-refractivity contribution in [2.24, 2.45) is 5.92 Å². The lowest BCUT2D eigenvalue weighted by atomic mass is 9.86. The number of amides is 1. The minimum Gasteiger partial charge on any atom is -0.301 e. The fraction of sp³-hybridized carbons (Fsp3) is 0.360. The lowest BCUT2D eigenvalue weighted by Gasteiger charge is -2.21. The molecule has 0 radical (unpaired) electrons. The first kappa shape index (κ1) is 25.1. The highest BCUT2D eigenvalue weighted by molar-refractivity contribution is 7.89. The van der Waals surface area contributed by atoms with Gasteiger partial charge in [-0.2, -0.15) is 4.72 Å². The van der Waals surface area contributed by atoms with E-state index < -0.39 is 22.0 Å². The van der Waals surface area contributed by atoms with Gasteiger partial charge in [0.2, 0.25) is 15.9 Å². The summed E-state index contributed by atoms with van der Waals surface area (Å²) in [5.74, 6) is -0.695. The molecule has 1 amide bonds. The van der Waals surface area contributed by atoms with Crippen molar-refractivity contribution in [3.05, 3.63) is 65.0 Å². The van der Waals surface area contributed by atoms with Crippen molar-refractivity contribution in [3.8, 4) is 11.3 Å². The largest absolute Gasteiger partial charge is 0.301 e. The van der Waals surface area contributed by atoms with Crippen molar-refractivity contribution in [1.29, 1.82) is 0 Å². The van der Waals surface area contributed by atoms with Crippen LogP contribution in [0.4, 0.5) is 5.13 Å². The number of carbonyl (C=O) groups is 1. The van der Waals surface area contributed by atoms with E-state index in [4.69, 9.17) is 0 Å². The highest BCUT2D eigenvalue weighted by Crippen LogP contribution is 2.28. The Hall–Kier alpha value is -2.55. The molecule has 8 heteroatoms. The molecule has 0 saturated carbocycles. The van der Waals surface area contributed by atoms with Gasteiger partial charge in [0, 0.05) is 10.9 Å². The van der Waals surface area contributed by atoms with Gasteiger partial charge in [-0.3, -0.25) is 4.79 Å². The number of aryl methyl sites for hydroxylation is 1. The van der Waals surface area contributed by atoms with Gasteiger partial charge in [-0.15, -0.1) is 11.3 Å². The van der Waals surface area contributed by atoms with Crippen LogP contribution < -0.4 is 10.0 Å². The van der Waals surface area contributed by atoms with Gasteiger partial charge in [0.1, 0.15) is 6.04 Å². The molecule has 3 rings (SSSR count). The number of aromatic nitrogens is 1. The number of benzene rings is 2. The molecule has 1 heterocycles. The summed E-state index contributed by atoms with van der Waals surface area (Å²) in [6.07, 6.45) is 0. The zero-order valence-electron chi connectivity index (χ0n) is 19.8. The Balaban J connectivity index is 1.74. The van der Waals surface area contributed by atoms with Gasteiger partial charge in [-0.25, -0.2) is 13.4 Å². The Morgan fingerprint density at radius 3 is 2.15 bits per heavy atom. The van der Waals surface area contributed by atoms with Crippen molar-refractivity contribution in [3.63, 3.8) is 0 Å². The zero-order chi connectivity index (χ0) is 24.4. The molecule has 1 atom stereocenters. The van der Waals surface area contributed by atoms with Gasteiger partial charge in [-0.1, -0.05) is 76.6 Å². The monoisotopic (exact) mass is 485 g/mol. The molecule has 176 valence electrons. The lowest BCUT2D eigenvalue weighted by Crippen LogP contribution is -2.47. The van der Waals surface area contributed by atoms with Crippen LogP contribution in [-0.4, -0.2) is 25.4 Å². The van der Waals surface area contributed by atoms with Gasteiger partial charge in [0.25, 0.3) is 0 Å². The van der Waals surface area contributed by atoms with Crippen LogP contribution in [-0.2, 0) is 20.2 Å². The second-order valence-corrected chi connectivity index (χ2v) is 12.1.